The maximum Gasteiger partial charge on any atom is 0.359 e. The van der Waals surface area contributed by atoms with Crippen molar-refractivity contribution in [3.8, 4) is 0 Å². The number of fused-ring (bicyclic) bond motifs is 1. The summed E-state index contributed by atoms with van der Waals surface area (Å²) in [6.45, 7) is 10.7. The van der Waals surface area contributed by atoms with Gasteiger partial charge >= 0.3 is 7.60 Å². The first kappa shape index (κ1) is 28.5. The van der Waals surface area contributed by atoms with Gasteiger partial charge in [-0.1, -0.05) is 27.7 Å². The normalized spacial score (nSPS) is 30.3. The molecule has 0 saturated carbocycles. The molecule has 1 aromatic heterocycles. The van der Waals surface area contributed by atoms with Gasteiger partial charge in [0.2, 0.25) is 4.77 Å². The van der Waals surface area contributed by atoms with Gasteiger partial charge in [0.1, 0.15) is 12.2 Å². The fraction of sp³-hybridized carbons (Fsp3) is 0.783. The van der Waals surface area contributed by atoms with E-state index in [0.717, 1.165) is 11.3 Å². The van der Waals surface area contributed by atoms with Crippen LogP contribution in [0.2, 0.25) is 0 Å². The van der Waals surface area contributed by atoms with Crippen LogP contribution in [0.25, 0.3) is 0 Å². The van der Waals surface area contributed by atoms with Crippen molar-refractivity contribution < 1.29 is 34.0 Å². The summed E-state index contributed by atoms with van der Waals surface area (Å²) >= 11 is 5.43. The topological polar surface area (TPSA) is 147 Å². The number of aromatic nitrogens is 2. The number of rotatable bonds is 9. The van der Waals surface area contributed by atoms with E-state index in [1.807, 2.05) is 6.92 Å². The van der Waals surface area contributed by atoms with Crippen molar-refractivity contribution in [1.29, 1.82) is 0 Å². The average Bonchev–Trinajstić information content (AvgIpc) is 3.06. The second-order valence-electron chi connectivity index (χ2n) is 9.99. The molecular formula is C23H38N3O7PS. The maximum atomic E-state index is 13.0. The third kappa shape index (κ3) is 5.48. The predicted octanol–water partition coefficient (Wildman–Crippen LogP) is 3.79. The van der Waals surface area contributed by atoms with Crippen molar-refractivity contribution in [2.24, 2.45) is 10.9 Å². The zero-order valence-corrected chi connectivity index (χ0v) is 22.9. The van der Waals surface area contributed by atoms with E-state index in [-0.39, 0.29) is 30.0 Å². The molecule has 2 aliphatic rings. The van der Waals surface area contributed by atoms with Crippen LogP contribution in [0.5, 0.6) is 0 Å². The lowest BCUT2D eigenvalue weighted by atomic mass is 9.93. The smallest absolute Gasteiger partial charge is 0.359 e. The molecule has 35 heavy (non-hydrogen) atoms. The fourth-order valence-corrected chi connectivity index (χ4v) is 6.52. The van der Waals surface area contributed by atoms with Crippen LogP contribution >= 0.6 is 19.8 Å². The van der Waals surface area contributed by atoms with Gasteiger partial charge in [0.05, 0.1) is 11.7 Å². The van der Waals surface area contributed by atoms with Gasteiger partial charge in [0.25, 0.3) is 0 Å². The number of nitrogens with zero attached hydrogens (tertiary/aromatic N) is 3. The minimum atomic E-state index is -4.44. The quantitative estimate of drug-likeness (QED) is 0.276. The molecule has 1 fully saturated rings. The summed E-state index contributed by atoms with van der Waals surface area (Å²) in [6, 6.07) is 0. The molecule has 0 aromatic carbocycles. The van der Waals surface area contributed by atoms with Crippen molar-refractivity contribution in [3.05, 3.63) is 16.5 Å². The van der Waals surface area contributed by atoms with E-state index in [1.165, 1.54) is 4.57 Å². The molecule has 0 spiro atoms. The van der Waals surface area contributed by atoms with E-state index in [1.54, 1.807) is 33.9 Å². The minimum absolute atomic E-state index is 0.0124. The predicted molar refractivity (Wildman–Crippen MR) is 134 cm³/mol. The van der Waals surface area contributed by atoms with E-state index in [4.69, 9.17) is 21.5 Å². The van der Waals surface area contributed by atoms with Crippen molar-refractivity contribution in [2.45, 2.75) is 109 Å². The van der Waals surface area contributed by atoms with Crippen LogP contribution in [0, 0.1) is 10.7 Å². The Morgan fingerprint density at radius 1 is 1.26 bits per heavy atom. The molecule has 0 amide bonds. The largest absolute Gasteiger partial charge is 0.388 e. The standard InChI is InChI=1S/C23H38N3O7PS/c1-7-22(6,33-34(30,31)23(29,8-2)9-3)11-16-17(27)18(28)20(32-16)26-12-15-10-13(4)14(5)24-19(15)25-21(26)35/h12-13,16-18,20,27-29H,7-11H2,1-6H3,(H,30,31). The Morgan fingerprint density at radius 2 is 1.89 bits per heavy atom. The molecule has 3 rings (SSSR count). The van der Waals surface area contributed by atoms with Gasteiger partial charge in [-0.3, -0.25) is 9.13 Å². The Labute approximate surface area is 211 Å². The number of ether oxygens (including phenoxy) is 1. The van der Waals surface area contributed by atoms with Gasteiger partial charge in [-0.2, -0.15) is 0 Å². The fourth-order valence-electron chi connectivity index (χ4n) is 4.51. The summed E-state index contributed by atoms with van der Waals surface area (Å²) in [5.41, 5.74) is 0.634. The van der Waals surface area contributed by atoms with Gasteiger partial charge < -0.3 is 29.5 Å². The van der Waals surface area contributed by atoms with Crippen molar-refractivity contribution in [1.82, 2.24) is 9.55 Å². The highest BCUT2D eigenvalue weighted by atomic mass is 32.1. The lowest BCUT2D eigenvalue weighted by Gasteiger charge is -2.38. The zero-order valence-electron chi connectivity index (χ0n) is 21.2. The minimum Gasteiger partial charge on any atom is -0.388 e. The van der Waals surface area contributed by atoms with E-state index >= 15 is 0 Å². The van der Waals surface area contributed by atoms with E-state index in [0.29, 0.717) is 18.7 Å². The van der Waals surface area contributed by atoms with Crippen LogP contribution < -0.4 is 0 Å². The number of aliphatic hydroxyl groups is 3. The molecule has 10 nitrogen and oxygen atoms in total. The molecule has 0 radical (unpaired) electrons. The van der Waals surface area contributed by atoms with Crippen LogP contribution in [0.4, 0.5) is 5.82 Å². The lowest BCUT2D eigenvalue weighted by Crippen LogP contribution is -2.40. The van der Waals surface area contributed by atoms with Crippen LogP contribution in [0.1, 0.15) is 79.0 Å². The molecule has 7 unspecified atom stereocenters. The highest BCUT2D eigenvalue weighted by Crippen LogP contribution is 2.60. The molecular weight excluding hydrogens is 493 g/mol. The summed E-state index contributed by atoms with van der Waals surface area (Å²) in [6.07, 6.45) is -1.60. The molecule has 12 heteroatoms. The number of hydrogen-bond acceptors (Lipinski definition) is 9. The van der Waals surface area contributed by atoms with Gasteiger partial charge in [-0.25, -0.2) is 9.98 Å². The average molecular weight is 532 g/mol. The summed E-state index contributed by atoms with van der Waals surface area (Å²) in [5, 5.41) is 30.4. The lowest BCUT2D eigenvalue weighted by molar-refractivity contribution is -0.0715. The van der Waals surface area contributed by atoms with Crippen LogP contribution in [-0.2, 0) is 20.2 Å². The monoisotopic (exact) mass is 531 g/mol. The van der Waals surface area contributed by atoms with Gasteiger partial charge in [-0.15, -0.1) is 0 Å². The molecule has 4 N–H and O–H groups in total. The van der Waals surface area contributed by atoms with E-state index in [9.17, 15) is 24.8 Å². The van der Waals surface area contributed by atoms with Gasteiger partial charge in [-0.05, 0) is 57.7 Å². The first-order valence-corrected chi connectivity index (χ1v) is 14.1. The Balaban J connectivity index is 1.85. The van der Waals surface area contributed by atoms with Crippen LogP contribution in [0.15, 0.2) is 11.2 Å². The second-order valence-corrected chi connectivity index (χ2v) is 12.4. The number of aliphatic hydroxyl groups excluding tert-OH is 2. The molecule has 2 aliphatic heterocycles. The summed E-state index contributed by atoms with van der Waals surface area (Å²) in [7, 11) is -4.44. The maximum absolute atomic E-state index is 13.0. The van der Waals surface area contributed by atoms with Crippen molar-refractivity contribution in [2.75, 3.05) is 0 Å². The Hall–Kier alpha value is -1.04. The van der Waals surface area contributed by atoms with Gasteiger partial charge in [0, 0.05) is 23.9 Å². The van der Waals surface area contributed by atoms with Crippen LogP contribution in [0.3, 0.4) is 0 Å². The van der Waals surface area contributed by atoms with Gasteiger partial charge in [0.15, 0.2) is 17.4 Å². The Morgan fingerprint density at radius 3 is 2.46 bits per heavy atom. The highest BCUT2D eigenvalue weighted by Gasteiger charge is 2.51. The third-order valence-electron chi connectivity index (χ3n) is 7.52. The first-order valence-electron chi connectivity index (χ1n) is 12.2. The first-order chi connectivity index (χ1) is 16.2. The third-order valence-corrected chi connectivity index (χ3v) is 10.2. The van der Waals surface area contributed by atoms with E-state index < -0.39 is 43.1 Å². The Bertz CT molecular complexity index is 1080. The molecule has 0 bridgehead atoms. The van der Waals surface area contributed by atoms with E-state index in [2.05, 4.69) is 16.9 Å². The number of aliphatic imine (C=N–C) groups is 1. The summed E-state index contributed by atoms with van der Waals surface area (Å²) < 4.78 is 26.4. The highest BCUT2D eigenvalue weighted by molar-refractivity contribution is 7.71. The van der Waals surface area contributed by atoms with Crippen molar-refractivity contribution in [3.63, 3.8) is 0 Å². The molecule has 0 aliphatic carbocycles. The van der Waals surface area contributed by atoms with Crippen molar-refractivity contribution >= 4 is 31.3 Å². The summed E-state index contributed by atoms with van der Waals surface area (Å²) in [4.78, 5) is 19.5. The molecule has 7 atom stereocenters. The molecule has 1 saturated heterocycles. The summed E-state index contributed by atoms with van der Waals surface area (Å²) in [5.74, 6) is 0.791. The SMILES string of the molecule is CCC(C)(CC1OC(n2cc3c(nc2=S)N=C(C)C(C)C3)C(O)C1O)OP(=O)(O)C(O)(CC)CC. The zero-order chi connectivity index (χ0) is 26.3. The Kier molecular flexibility index (Phi) is 8.46. The van der Waals surface area contributed by atoms with Crippen LogP contribution in [-0.4, -0.2) is 64.7 Å². The second kappa shape index (κ2) is 10.4. The molecule has 1 aromatic rings. The molecule has 3 heterocycles. The number of hydrogen-bond donors (Lipinski definition) is 4. The molecule has 198 valence electrons.